The van der Waals surface area contributed by atoms with Crippen LogP contribution in [0, 0.1) is 6.92 Å². The lowest BCUT2D eigenvalue weighted by Crippen LogP contribution is -2.50. The van der Waals surface area contributed by atoms with Crippen molar-refractivity contribution in [1.82, 2.24) is 20.1 Å². The van der Waals surface area contributed by atoms with Crippen molar-refractivity contribution in [2.45, 2.75) is 13.0 Å². The minimum Gasteiger partial charge on any atom is -0.491 e. The third-order valence-corrected chi connectivity index (χ3v) is 6.54. The summed E-state index contributed by atoms with van der Waals surface area (Å²) in [5.74, 6) is 0.709. The maximum absolute atomic E-state index is 12.1. The third kappa shape index (κ3) is 6.26. The molecule has 0 radical (unpaired) electrons. The van der Waals surface area contributed by atoms with Crippen LogP contribution in [0.25, 0.3) is 10.2 Å². The number of β-amino-alcohol motifs (C(OH)–C–C–N with tert-alkyl or cyclic N) is 1. The second kappa shape index (κ2) is 10.9. The molecule has 1 atom stereocenters. The number of hydrogen-bond donors (Lipinski definition) is 2. The van der Waals surface area contributed by atoms with E-state index < -0.39 is 6.10 Å². The normalized spacial score (nSPS) is 16.2. The highest BCUT2D eigenvalue weighted by atomic mass is 32.1. The Morgan fingerprint density at radius 1 is 1.16 bits per heavy atom. The number of hydrogen-bond acceptors (Lipinski definition) is 7. The summed E-state index contributed by atoms with van der Waals surface area (Å²) in [5, 5.41) is 14.4. The third-order valence-electron chi connectivity index (χ3n) is 5.59. The van der Waals surface area contributed by atoms with Crippen molar-refractivity contribution in [2.24, 2.45) is 0 Å². The number of nitrogens with one attached hydrogen (secondary N) is 1. The van der Waals surface area contributed by atoms with Crippen molar-refractivity contribution in [3.8, 4) is 5.75 Å². The maximum Gasteiger partial charge on any atom is 0.251 e. The Labute approximate surface area is 192 Å². The molecule has 4 rings (SSSR count). The number of piperazine rings is 1. The standard InChI is InChI=1S/C24H30N4O3S/c1-18-26-22-15-21(7-8-23(22)32-18)31-17-20(29)16-28-13-11-27(12-14-28)10-9-25-24(30)19-5-3-2-4-6-19/h2-8,15,20,29H,9-14,16-17H2,1H3,(H,25,30). The highest BCUT2D eigenvalue weighted by Gasteiger charge is 2.19. The SMILES string of the molecule is Cc1nc2cc(OCC(O)CN3CCN(CCNC(=O)c4ccccc4)CC3)ccc2s1. The first-order valence-electron chi connectivity index (χ1n) is 11.0. The molecule has 1 saturated heterocycles. The number of thiazole rings is 1. The van der Waals surface area contributed by atoms with E-state index in [0.29, 0.717) is 18.7 Å². The summed E-state index contributed by atoms with van der Waals surface area (Å²) in [6.07, 6.45) is -0.542. The van der Waals surface area contributed by atoms with Crippen molar-refractivity contribution in [1.29, 1.82) is 0 Å². The summed E-state index contributed by atoms with van der Waals surface area (Å²) in [6.45, 7) is 7.96. The van der Waals surface area contributed by atoms with Crippen LogP contribution in [0.2, 0.25) is 0 Å². The Balaban J connectivity index is 1.12. The minimum absolute atomic E-state index is 0.0311. The molecule has 2 aromatic carbocycles. The van der Waals surface area contributed by atoms with Crippen molar-refractivity contribution in [2.75, 3.05) is 52.4 Å². The van der Waals surface area contributed by atoms with Gasteiger partial charge in [0.2, 0.25) is 0 Å². The van der Waals surface area contributed by atoms with Gasteiger partial charge in [-0.15, -0.1) is 11.3 Å². The molecule has 2 heterocycles. The fourth-order valence-electron chi connectivity index (χ4n) is 3.87. The first-order chi connectivity index (χ1) is 15.6. The largest absolute Gasteiger partial charge is 0.491 e. The fraction of sp³-hybridized carbons (Fsp3) is 0.417. The van der Waals surface area contributed by atoms with Crippen LogP contribution in [0.15, 0.2) is 48.5 Å². The summed E-state index contributed by atoms with van der Waals surface area (Å²) in [7, 11) is 0. The average molecular weight is 455 g/mol. The molecule has 1 amide bonds. The number of aliphatic hydroxyl groups excluding tert-OH is 1. The number of nitrogens with zero attached hydrogens (tertiary/aromatic N) is 3. The highest BCUT2D eigenvalue weighted by molar-refractivity contribution is 7.18. The molecule has 2 N–H and O–H groups in total. The number of carbonyl (C=O) groups is 1. The minimum atomic E-state index is -0.542. The van der Waals surface area contributed by atoms with E-state index >= 15 is 0 Å². The predicted octanol–water partition coefficient (Wildman–Crippen LogP) is 2.39. The molecule has 8 heteroatoms. The maximum atomic E-state index is 12.1. The number of rotatable bonds is 9. The van der Waals surface area contributed by atoms with Crippen LogP contribution in [0.5, 0.6) is 5.75 Å². The molecule has 0 bridgehead atoms. The number of aromatic nitrogens is 1. The van der Waals surface area contributed by atoms with E-state index in [0.717, 1.165) is 53.7 Å². The van der Waals surface area contributed by atoms with Crippen molar-refractivity contribution < 1.29 is 14.6 Å². The molecule has 3 aromatic rings. The lowest BCUT2D eigenvalue weighted by molar-refractivity contribution is 0.0462. The molecule has 1 unspecified atom stereocenters. The predicted molar refractivity (Wildman–Crippen MR) is 128 cm³/mol. The van der Waals surface area contributed by atoms with Gasteiger partial charge in [-0.2, -0.15) is 0 Å². The van der Waals surface area contributed by atoms with E-state index in [4.69, 9.17) is 4.74 Å². The number of fused-ring (bicyclic) bond motifs is 1. The van der Waals surface area contributed by atoms with Crippen LogP contribution in [0.4, 0.5) is 0 Å². The van der Waals surface area contributed by atoms with Gasteiger partial charge in [-0.3, -0.25) is 14.6 Å². The zero-order valence-electron chi connectivity index (χ0n) is 18.4. The van der Waals surface area contributed by atoms with Gasteiger partial charge in [0.1, 0.15) is 18.5 Å². The fourth-order valence-corrected chi connectivity index (χ4v) is 4.68. The second-order valence-corrected chi connectivity index (χ2v) is 9.33. The van der Waals surface area contributed by atoms with E-state index in [9.17, 15) is 9.90 Å². The summed E-state index contributed by atoms with van der Waals surface area (Å²) in [6, 6.07) is 15.2. The zero-order chi connectivity index (χ0) is 22.3. The molecule has 170 valence electrons. The van der Waals surface area contributed by atoms with Crippen LogP contribution in [-0.4, -0.2) is 84.3 Å². The highest BCUT2D eigenvalue weighted by Crippen LogP contribution is 2.25. The molecule has 32 heavy (non-hydrogen) atoms. The summed E-state index contributed by atoms with van der Waals surface area (Å²) in [5.41, 5.74) is 1.63. The number of aliphatic hydroxyl groups is 1. The molecular formula is C24H30N4O3S. The average Bonchev–Trinajstić information content (AvgIpc) is 3.18. The first-order valence-corrected chi connectivity index (χ1v) is 11.8. The number of amides is 1. The van der Waals surface area contributed by atoms with Gasteiger partial charge in [0.05, 0.1) is 15.2 Å². The number of aryl methyl sites for hydroxylation is 1. The molecule has 1 aliphatic rings. The van der Waals surface area contributed by atoms with E-state index in [-0.39, 0.29) is 12.5 Å². The molecule has 0 spiro atoms. The topological polar surface area (TPSA) is 77.9 Å². The van der Waals surface area contributed by atoms with Crippen LogP contribution in [-0.2, 0) is 0 Å². The Morgan fingerprint density at radius 2 is 1.91 bits per heavy atom. The van der Waals surface area contributed by atoms with Gasteiger partial charge >= 0.3 is 0 Å². The summed E-state index contributed by atoms with van der Waals surface area (Å²) in [4.78, 5) is 21.2. The zero-order valence-corrected chi connectivity index (χ0v) is 19.2. The Kier molecular flexibility index (Phi) is 7.70. The van der Waals surface area contributed by atoms with Gasteiger partial charge in [-0.05, 0) is 31.2 Å². The Bertz CT molecular complexity index is 1020. The van der Waals surface area contributed by atoms with Crippen LogP contribution >= 0.6 is 11.3 Å². The quantitative estimate of drug-likeness (QED) is 0.517. The van der Waals surface area contributed by atoms with E-state index in [1.54, 1.807) is 11.3 Å². The van der Waals surface area contributed by atoms with Gasteiger partial charge in [0.25, 0.3) is 5.91 Å². The number of ether oxygens (including phenoxy) is 1. The molecule has 1 fully saturated rings. The Morgan fingerprint density at radius 3 is 2.69 bits per heavy atom. The van der Waals surface area contributed by atoms with Crippen molar-refractivity contribution in [3.63, 3.8) is 0 Å². The monoisotopic (exact) mass is 454 g/mol. The lowest BCUT2D eigenvalue weighted by Gasteiger charge is -2.35. The summed E-state index contributed by atoms with van der Waals surface area (Å²) < 4.78 is 6.94. The molecule has 7 nitrogen and oxygen atoms in total. The van der Waals surface area contributed by atoms with E-state index in [1.807, 2.05) is 55.5 Å². The van der Waals surface area contributed by atoms with Gasteiger partial charge in [-0.1, -0.05) is 18.2 Å². The van der Waals surface area contributed by atoms with Crippen LogP contribution < -0.4 is 10.1 Å². The smallest absolute Gasteiger partial charge is 0.251 e. The van der Waals surface area contributed by atoms with Gasteiger partial charge in [-0.25, -0.2) is 4.98 Å². The summed E-state index contributed by atoms with van der Waals surface area (Å²) >= 11 is 1.67. The molecule has 1 aromatic heterocycles. The number of benzene rings is 2. The lowest BCUT2D eigenvalue weighted by atomic mass is 10.2. The van der Waals surface area contributed by atoms with E-state index in [1.165, 1.54) is 0 Å². The molecular weight excluding hydrogens is 424 g/mol. The van der Waals surface area contributed by atoms with Gasteiger partial charge < -0.3 is 15.2 Å². The first kappa shape index (κ1) is 22.7. The van der Waals surface area contributed by atoms with Crippen molar-refractivity contribution >= 4 is 27.5 Å². The Hall–Kier alpha value is -2.52. The van der Waals surface area contributed by atoms with Crippen LogP contribution in [0.1, 0.15) is 15.4 Å². The van der Waals surface area contributed by atoms with Crippen LogP contribution in [0.3, 0.4) is 0 Å². The van der Waals surface area contributed by atoms with Gasteiger partial charge in [0.15, 0.2) is 0 Å². The molecule has 0 saturated carbocycles. The van der Waals surface area contributed by atoms with E-state index in [2.05, 4.69) is 20.1 Å². The van der Waals surface area contributed by atoms with Gasteiger partial charge in [0, 0.05) is 57.4 Å². The second-order valence-electron chi connectivity index (χ2n) is 8.09. The molecule has 0 aliphatic carbocycles. The number of carbonyl (C=O) groups excluding carboxylic acids is 1. The molecule has 1 aliphatic heterocycles. The van der Waals surface area contributed by atoms with Crippen molar-refractivity contribution in [3.05, 3.63) is 59.1 Å².